The van der Waals surface area contributed by atoms with Gasteiger partial charge in [0, 0.05) is 18.1 Å². The fourth-order valence-corrected chi connectivity index (χ4v) is 1.91. The zero-order valence-corrected chi connectivity index (χ0v) is 11.6. The van der Waals surface area contributed by atoms with Crippen LogP contribution >= 0.6 is 11.6 Å². The molecular formula is C15H15ClN2O. The Labute approximate surface area is 117 Å². The predicted molar refractivity (Wildman–Crippen MR) is 77.7 cm³/mol. The molecule has 0 aliphatic rings. The van der Waals surface area contributed by atoms with Crippen LogP contribution in [0.25, 0.3) is 0 Å². The Morgan fingerprint density at radius 1 is 1.32 bits per heavy atom. The van der Waals surface area contributed by atoms with Crippen molar-refractivity contribution in [1.29, 1.82) is 0 Å². The minimum Gasteiger partial charge on any atom is -0.322 e. The molecule has 3 nitrogen and oxygen atoms in total. The zero-order chi connectivity index (χ0) is 13.8. The lowest BCUT2D eigenvalue weighted by Crippen LogP contribution is -2.13. The van der Waals surface area contributed by atoms with Crippen LogP contribution in [0.3, 0.4) is 0 Å². The molecule has 4 heteroatoms. The van der Waals surface area contributed by atoms with E-state index in [1.807, 2.05) is 24.3 Å². The Hall–Kier alpha value is -1.87. The lowest BCUT2D eigenvalue weighted by atomic mass is 10.0. The van der Waals surface area contributed by atoms with Gasteiger partial charge in [0.05, 0.1) is 10.6 Å². The highest BCUT2D eigenvalue weighted by Gasteiger charge is 2.10. The van der Waals surface area contributed by atoms with E-state index in [1.54, 1.807) is 12.3 Å². The van der Waals surface area contributed by atoms with Crippen LogP contribution in [0.5, 0.6) is 0 Å². The quantitative estimate of drug-likeness (QED) is 0.915. The van der Waals surface area contributed by atoms with Crippen molar-refractivity contribution in [3.05, 3.63) is 58.9 Å². The van der Waals surface area contributed by atoms with Gasteiger partial charge >= 0.3 is 0 Å². The number of nitrogens with one attached hydrogen (secondary N) is 1. The normalized spacial score (nSPS) is 10.5. The van der Waals surface area contributed by atoms with E-state index in [0.29, 0.717) is 16.5 Å². The molecule has 19 heavy (non-hydrogen) atoms. The number of halogens is 1. The minimum atomic E-state index is -0.251. The van der Waals surface area contributed by atoms with Crippen molar-refractivity contribution < 1.29 is 4.79 Å². The summed E-state index contributed by atoms with van der Waals surface area (Å²) in [4.78, 5) is 16.0. The SMILES string of the molecule is CC(C)c1cccc(NC(=O)c2cnccc2Cl)c1. The van der Waals surface area contributed by atoms with E-state index >= 15 is 0 Å². The van der Waals surface area contributed by atoms with E-state index in [4.69, 9.17) is 11.6 Å². The monoisotopic (exact) mass is 274 g/mol. The average Bonchev–Trinajstić information content (AvgIpc) is 2.39. The summed E-state index contributed by atoms with van der Waals surface area (Å²) in [6.07, 6.45) is 3.02. The Balaban J connectivity index is 2.20. The first-order valence-corrected chi connectivity index (χ1v) is 6.46. The zero-order valence-electron chi connectivity index (χ0n) is 10.9. The third-order valence-electron chi connectivity index (χ3n) is 2.82. The molecule has 1 heterocycles. The highest BCUT2D eigenvalue weighted by atomic mass is 35.5. The Morgan fingerprint density at radius 3 is 2.79 bits per heavy atom. The van der Waals surface area contributed by atoms with Crippen molar-refractivity contribution in [2.24, 2.45) is 0 Å². The summed E-state index contributed by atoms with van der Waals surface area (Å²) in [5.41, 5.74) is 2.31. The lowest BCUT2D eigenvalue weighted by molar-refractivity contribution is 0.102. The summed E-state index contributed by atoms with van der Waals surface area (Å²) in [6.45, 7) is 4.22. The van der Waals surface area contributed by atoms with Gasteiger partial charge in [-0.25, -0.2) is 0 Å². The van der Waals surface area contributed by atoms with E-state index in [2.05, 4.69) is 24.1 Å². The minimum absolute atomic E-state index is 0.251. The smallest absolute Gasteiger partial charge is 0.258 e. The molecule has 1 aromatic heterocycles. The number of rotatable bonds is 3. The number of carbonyl (C=O) groups is 1. The van der Waals surface area contributed by atoms with Crippen LogP contribution in [0.2, 0.25) is 5.02 Å². The fraction of sp³-hybridized carbons (Fsp3) is 0.200. The molecule has 1 amide bonds. The molecule has 0 aliphatic heterocycles. The summed E-state index contributed by atoms with van der Waals surface area (Å²) in [5, 5.41) is 3.23. The highest BCUT2D eigenvalue weighted by Crippen LogP contribution is 2.20. The van der Waals surface area contributed by atoms with Crippen molar-refractivity contribution in [2.75, 3.05) is 5.32 Å². The average molecular weight is 275 g/mol. The van der Waals surface area contributed by atoms with Crippen molar-refractivity contribution in [2.45, 2.75) is 19.8 Å². The molecule has 0 saturated carbocycles. The summed E-state index contributed by atoms with van der Waals surface area (Å²) in [7, 11) is 0. The number of pyridine rings is 1. The Kier molecular flexibility index (Phi) is 4.17. The number of amides is 1. The van der Waals surface area contributed by atoms with Crippen molar-refractivity contribution in [1.82, 2.24) is 4.98 Å². The van der Waals surface area contributed by atoms with Gasteiger partial charge in [-0.2, -0.15) is 0 Å². The maximum Gasteiger partial charge on any atom is 0.258 e. The molecule has 98 valence electrons. The van der Waals surface area contributed by atoms with Gasteiger partial charge < -0.3 is 5.32 Å². The second-order valence-corrected chi connectivity index (χ2v) is 5.00. The summed E-state index contributed by atoms with van der Waals surface area (Å²) in [6, 6.07) is 9.38. The molecule has 1 aromatic carbocycles. The van der Waals surface area contributed by atoms with Gasteiger partial charge in [-0.15, -0.1) is 0 Å². The first-order chi connectivity index (χ1) is 9.08. The number of nitrogens with zero attached hydrogens (tertiary/aromatic N) is 1. The van der Waals surface area contributed by atoms with Gasteiger partial charge in [0.15, 0.2) is 0 Å². The van der Waals surface area contributed by atoms with Crippen LogP contribution in [-0.4, -0.2) is 10.9 Å². The number of hydrogen-bond acceptors (Lipinski definition) is 2. The highest BCUT2D eigenvalue weighted by molar-refractivity contribution is 6.34. The van der Waals surface area contributed by atoms with Crippen molar-refractivity contribution in [3.63, 3.8) is 0 Å². The lowest BCUT2D eigenvalue weighted by Gasteiger charge is -2.10. The largest absolute Gasteiger partial charge is 0.322 e. The van der Waals surface area contributed by atoms with E-state index in [1.165, 1.54) is 11.8 Å². The maximum atomic E-state index is 12.1. The van der Waals surface area contributed by atoms with Crippen LogP contribution in [0.4, 0.5) is 5.69 Å². The number of anilines is 1. The van der Waals surface area contributed by atoms with Gasteiger partial charge in [0.1, 0.15) is 0 Å². The molecule has 2 aromatic rings. The molecule has 0 bridgehead atoms. The second kappa shape index (κ2) is 5.85. The molecule has 0 radical (unpaired) electrons. The maximum absolute atomic E-state index is 12.1. The van der Waals surface area contributed by atoms with Crippen LogP contribution in [0.1, 0.15) is 35.7 Å². The van der Waals surface area contributed by atoms with Crippen molar-refractivity contribution in [3.8, 4) is 0 Å². The van der Waals surface area contributed by atoms with Crippen LogP contribution in [-0.2, 0) is 0 Å². The number of carbonyl (C=O) groups excluding carboxylic acids is 1. The Morgan fingerprint density at radius 2 is 2.11 bits per heavy atom. The predicted octanol–water partition coefficient (Wildman–Crippen LogP) is 4.11. The number of hydrogen-bond donors (Lipinski definition) is 1. The molecule has 0 saturated heterocycles. The van der Waals surface area contributed by atoms with Gasteiger partial charge in [-0.1, -0.05) is 37.6 Å². The van der Waals surface area contributed by atoms with Crippen LogP contribution < -0.4 is 5.32 Å². The third-order valence-corrected chi connectivity index (χ3v) is 3.15. The third kappa shape index (κ3) is 3.32. The molecule has 1 N–H and O–H groups in total. The number of benzene rings is 1. The summed E-state index contributed by atoms with van der Waals surface area (Å²) in [5.74, 6) is 0.165. The van der Waals surface area contributed by atoms with Gasteiger partial charge in [0.2, 0.25) is 0 Å². The summed E-state index contributed by atoms with van der Waals surface area (Å²) < 4.78 is 0. The molecule has 0 atom stereocenters. The number of aromatic nitrogens is 1. The van der Waals surface area contributed by atoms with Gasteiger partial charge in [-0.05, 0) is 29.7 Å². The van der Waals surface area contributed by atoms with E-state index < -0.39 is 0 Å². The summed E-state index contributed by atoms with van der Waals surface area (Å²) >= 11 is 5.97. The molecule has 2 rings (SSSR count). The second-order valence-electron chi connectivity index (χ2n) is 4.59. The molecule has 0 fully saturated rings. The fourth-order valence-electron chi connectivity index (χ4n) is 1.72. The van der Waals surface area contributed by atoms with E-state index in [0.717, 1.165) is 5.69 Å². The van der Waals surface area contributed by atoms with E-state index in [-0.39, 0.29) is 5.91 Å². The van der Waals surface area contributed by atoms with Gasteiger partial charge in [-0.3, -0.25) is 9.78 Å². The van der Waals surface area contributed by atoms with Gasteiger partial charge in [0.25, 0.3) is 5.91 Å². The Bertz CT molecular complexity index is 596. The van der Waals surface area contributed by atoms with Crippen LogP contribution in [0.15, 0.2) is 42.7 Å². The first kappa shape index (κ1) is 13.6. The topological polar surface area (TPSA) is 42.0 Å². The van der Waals surface area contributed by atoms with Crippen molar-refractivity contribution >= 4 is 23.2 Å². The molecular weight excluding hydrogens is 260 g/mol. The first-order valence-electron chi connectivity index (χ1n) is 6.08. The standard InChI is InChI=1S/C15H15ClN2O/c1-10(2)11-4-3-5-12(8-11)18-15(19)13-9-17-7-6-14(13)16/h3-10H,1-2H3,(H,18,19). The molecule has 0 aliphatic carbocycles. The van der Waals surface area contributed by atoms with E-state index in [9.17, 15) is 4.79 Å². The van der Waals surface area contributed by atoms with Crippen LogP contribution in [0, 0.1) is 0 Å². The molecule has 0 unspecified atom stereocenters. The molecule has 0 spiro atoms.